The van der Waals surface area contributed by atoms with Crippen LogP contribution in [0.5, 0.6) is 0 Å². The number of hydrogen-bond donors (Lipinski definition) is 1. The van der Waals surface area contributed by atoms with E-state index in [9.17, 15) is 4.39 Å². The van der Waals surface area contributed by atoms with Crippen LogP contribution < -0.4 is 5.73 Å². The number of hydrogen-bond acceptors (Lipinski definition) is 2. The first-order valence-corrected chi connectivity index (χ1v) is 2.64. The number of aromatic nitrogens is 1. The molecule has 10 heavy (non-hydrogen) atoms. The Morgan fingerprint density at radius 1 is 1.60 bits per heavy atom. The van der Waals surface area contributed by atoms with Crippen molar-refractivity contribution in [3.8, 4) is 0 Å². The summed E-state index contributed by atoms with van der Waals surface area (Å²) in [6.07, 6.45) is 1.52. The molecule has 1 rings (SSSR count). The molecule has 56 valence electrons. The Kier molecular flexibility index (Phi) is 3.91. The Bertz CT molecular complexity index is 205. The van der Waals surface area contributed by atoms with E-state index in [0.29, 0.717) is 5.69 Å². The van der Waals surface area contributed by atoms with Crippen molar-refractivity contribution in [2.45, 2.75) is 6.54 Å². The standard InChI is InChI=1S/C6H7FN2.ClH/c7-5-2-1-3-9-6(5)4-8;/h1-3H,4,8H2;1H. The Morgan fingerprint density at radius 2 is 2.30 bits per heavy atom. The van der Waals surface area contributed by atoms with Crippen LogP contribution >= 0.6 is 12.4 Å². The number of nitrogens with two attached hydrogens (primary N) is 1. The third kappa shape index (κ3) is 1.93. The average Bonchev–Trinajstić information content (AvgIpc) is 1.89. The van der Waals surface area contributed by atoms with Crippen LogP contribution in [0, 0.1) is 5.82 Å². The van der Waals surface area contributed by atoms with Crippen molar-refractivity contribution in [1.82, 2.24) is 4.98 Å². The molecule has 0 unspecified atom stereocenters. The van der Waals surface area contributed by atoms with Crippen LogP contribution in [0.4, 0.5) is 4.39 Å². The molecular formula is C6H8ClFN2. The fourth-order valence-corrected chi connectivity index (χ4v) is 0.569. The first-order chi connectivity index (χ1) is 4.34. The molecule has 0 aliphatic carbocycles. The Hall–Kier alpha value is -0.670. The Balaban J connectivity index is 0.000000810. The van der Waals surface area contributed by atoms with Crippen molar-refractivity contribution in [2.75, 3.05) is 0 Å². The number of rotatable bonds is 1. The molecule has 0 fully saturated rings. The second-order valence-corrected chi connectivity index (χ2v) is 1.64. The molecule has 1 heterocycles. The van der Waals surface area contributed by atoms with Gasteiger partial charge in [-0.3, -0.25) is 4.98 Å². The smallest absolute Gasteiger partial charge is 0.146 e. The van der Waals surface area contributed by atoms with Crippen LogP contribution in [0.2, 0.25) is 0 Å². The summed E-state index contributed by atoms with van der Waals surface area (Å²) in [7, 11) is 0. The highest BCUT2D eigenvalue weighted by atomic mass is 35.5. The molecule has 0 bridgehead atoms. The number of pyridine rings is 1. The minimum Gasteiger partial charge on any atom is -0.325 e. The molecule has 0 radical (unpaired) electrons. The molecule has 0 aliphatic rings. The van der Waals surface area contributed by atoms with E-state index in [0.717, 1.165) is 0 Å². The largest absolute Gasteiger partial charge is 0.325 e. The fraction of sp³-hybridized carbons (Fsp3) is 0.167. The zero-order valence-electron chi connectivity index (χ0n) is 5.25. The molecule has 4 heteroatoms. The van der Waals surface area contributed by atoms with Crippen molar-refractivity contribution < 1.29 is 4.39 Å². The third-order valence-corrected chi connectivity index (χ3v) is 1.03. The van der Waals surface area contributed by atoms with Crippen molar-refractivity contribution in [3.05, 3.63) is 29.8 Å². The molecule has 2 nitrogen and oxygen atoms in total. The predicted molar refractivity (Wildman–Crippen MR) is 39.3 cm³/mol. The average molecular weight is 163 g/mol. The highest BCUT2D eigenvalue weighted by molar-refractivity contribution is 5.85. The van der Waals surface area contributed by atoms with Crippen molar-refractivity contribution >= 4 is 12.4 Å². The summed E-state index contributed by atoms with van der Waals surface area (Å²) in [4.78, 5) is 3.70. The molecule has 1 aromatic heterocycles. The predicted octanol–water partition coefficient (Wildman–Crippen LogP) is 1.10. The molecule has 2 N–H and O–H groups in total. The van der Waals surface area contributed by atoms with Crippen LogP contribution in [0.25, 0.3) is 0 Å². The van der Waals surface area contributed by atoms with Gasteiger partial charge in [-0.05, 0) is 12.1 Å². The lowest BCUT2D eigenvalue weighted by Crippen LogP contribution is -2.01. The molecule has 1 aromatic rings. The van der Waals surface area contributed by atoms with E-state index in [-0.39, 0.29) is 24.8 Å². The van der Waals surface area contributed by atoms with Crippen LogP contribution in [0.3, 0.4) is 0 Å². The first kappa shape index (κ1) is 9.33. The minimum absolute atomic E-state index is 0. The van der Waals surface area contributed by atoms with E-state index in [4.69, 9.17) is 5.73 Å². The second kappa shape index (κ2) is 4.19. The van der Waals surface area contributed by atoms with E-state index >= 15 is 0 Å². The summed E-state index contributed by atoms with van der Waals surface area (Å²) in [6.45, 7) is 0.159. The van der Waals surface area contributed by atoms with Gasteiger partial charge in [0.05, 0.1) is 5.69 Å². The van der Waals surface area contributed by atoms with Gasteiger partial charge in [0, 0.05) is 12.7 Å². The monoisotopic (exact) mass is 162 g/mol. The van der Waals surface area contributed by atoms with Crippen molar-refractivity contribution in [1.29, 1.82) is 0 Å². The number of halogens is 2. The summed E-state index contributed by atoms with van der Waals surface area (Å²) in [5.74, 6) is -0.333. The minimum atomic E-state index is -0.333. The summed E-state index contributed by atoms with van der Waals surface area (Å²) in [5.41, 5.74) is 5.47. The van der Waals surface area contributed by atoms with Gasteiger partial charge in [-0.25, -0.2) is 4.39 Å². The van der Waals surface area contributed by atoms with Gasteiger partial charge in [0.15, 0.2) is 0 Å². The maximum atomic E-state index is 12.4. The highest BCUT2D eigenvalue weighted by Gasteiger charge is 1.96. The van der Waals surface area contributed by atoms with Gasteiger partial charge < -0.3 is 5.73 Å². The van der Waals surface area contributed by atoms with E-state index in [1.807, 2.05) is 0 Å². The number of nitrogens with zero attached hydrogens (tertiary/aromatic N) is 1. The van der Waals surface area contributed by atoms with Crippen LogP contribution in [0.1, 0.15) is 5.69 Å². The summed E-state index contributed by atoms with van der Waals surface area (Å²) >= 11 is 0. The van der Waals surface area contributed by atoms with Gasteiger partial charge in [-0.2, -0.15) is 0 Å². The van der Waals surface area contributed by atoms with Crippen LogP contribution in [0.15, 0.2) is 18.3 Å². The maximum absolute atomic E-state index is 12.4. The molecule has 0 aromatic carbocycles. The molecular weight excluding hydrogens is 155 g/mol. The van der Waals surface area contributed by atoms with Gasteiger partial charge in [-0.15, -0.1) is 12.4 Å². The van der Waals surface area contributed by atoms with E-state index in [1.54, 1.807) is 0 Å². The second-order valence-electron chi connectivity index (χ2n) is 1.64. The van der Waals surface area contributed by atoms with E-state index < -0.39 is 0 Å². The molecule has 0 atom stereocenters. The molecule has 0 saturated heterocycles. The quantitative estimate of drug-likeness (QED) is 0.672. The fourth-order valence-electron chi connectivity index (χ4n) is 0.569. The van der Waals surface area contributed by atoms with Crippen molar-refractivity contribution in [3.63, 3.8) is 0 Å². The lowest BCUT2D eigenvalue weighted by Gasteiger charge is -1.93. The normalized spacial score (nSPS) is 8.60. The van der Waals surface area contributed by atoms with E-state index in [2.05, 4.69) is 4.98 Å². The third-order valence-electron chi connectivity index (χ3n) is 1.03. The molecule has 0 aliphatic heterocycles. The lowest BCUT2D eigenvalue weighted by atomic mass is 10.3. The van der Waals surface area contributed by atoms with Gasteiger partial charge in [-0.1, -0.05) is 0 Å². The van der Waals surface area contributed by atoms with Crippen LogP contribution in [-0.2, 0) is 6.54 Å². The Morgan fingerprint density at radius 3 is 2.70 bits per heavy atom. The molecule has 0 amide bonds. The lowest BCUT2D eigenvalue weighted by molar-refractivity contribution is 0.600. The Labute approximate surface area is 64.7 Å². The first-order valence-electron chi connectivity index (χ1n) is 2.64. The highest BCUT2D eigenvalue weighted by Crippen LogP contribution is 1.99. The summed E-state index contributed by atoms with van der Waals surface area (Å²) < 4.78 is 12.4. The molecule has 0 saturated carbocycles. The van der Waals surface area contributed by atoms with Gasteiger partial charge >= 0.3 is 0 Å². The molecule has 0 spiro atoms. The zero-order valence-corrected chi connectivity index (χ0v) is 6.07. The van der Waals surface area contributed by atoms with Gasteiger partial charge in [0.1, 0.15) is 5.82 Å². The topological polar surface area (TPSA) is 38.9 Å². The van der Waals surface area contributed by atoms with Gasteiger partial charge in [0.2, 0.25) is 0 Å². The van der Waals surface area contributed by atoms with Crippen LogP contribution in [-0.4, -0.2) is 4.98 Å². The van der Waals surface area contributed by atoms with E-state index in [1.165, 1.54) is 18.3 Å². The summed E-state index contributed by atoms with van der Waals surface area (Å²) in [5, 5.41) is 0. The SMILES string of the molecule is Cl.NCc1ncccc1F. The zero-order chi connectivity index (χ0) is 6.69. The maximum Gasteiger partial charge on any atom is 0.146 e. The van der Waals surface area contributed by atoms with Crippen molar-refractivity contribution in [2.24, 2.45) is 5.73 Å². The van der Waals surface area contributed by atoms with Gasteiger partial charge in [0.25, 0.3) is 0 Å². The summed E-state index contributed by atoms with van der Waals surface area (Å²) in [6, 6.07) is 2.88.